The predicted molar refractivity (Wildman–Crippen MR) is 89.9 cm³/mol. The molecule has 4 nitrogen and oxygen atoms in total. The van der Waals surface area contributed by atoms with Crippen molar-refractivity contribution in [1.29, 1.82) is 0 Å². The summed E-state index contributed by atoms with van der Waals surface area (Å²) in [5.74, 6) is -1.04. The highest BCUT2D eigenvalue weighted by Gasteiger charge is 2.18. The van der Waals surface area contributed by atoms with Gasteiger partial charge in [-0.1, -0.05) is 62.4 Å². The van der Waals surface area contributed by atoms with Gasteiger partial charge in [-0.25, -0.2) is 9.78 Å². The molecule has 0 aliphatic carbocycles. The van der Waals surface area contributed by atoms with Crippen molar-refractivity contribution in [3.05, 3.63) is 60.2 Å². The molecule has 0 saturated heterocycles. The number of aromatic nitrogens is 1. The number of benzene rings is 2. The van der Waals surface area contributed by atoms with Crippen molar-refractivity contribution in [1.82, 2.24) is 4.98 Å². The Morgan fingerprint density at radius 3 is 2.23 bits per heavy atom. The molecular weight excluding hydrogens is 276 g/mol. The van der Waals surface area contributed by atoms with E-state index in [0.717, 1.165) is 5.56 Å². The fourth-order valence-electron chi connectivity index (χ4n) is 2.27. The van der Waals surface area contributed by atoms with Crippen LogP contribution < -0.4 is 5.73 Å². The molecule has 0 unspecified atom stereocenters. The minimum atomic E-state index is -1.04. The van der Waals surface area contributed by atoms with Crippen LogP contribution in [0.15, 0.2) is 54.6 Å². The zero-order chi connectivity index (χ0) is 16.1. The van der Waals surface area contributed by atoms with Crippen LogP contribution in [0, 0.1) is 0 Å². The number of anilines is 1. The number of carboxylic acids is 1. The monoisotopic (exact) mass is 294 g/mol. The van der Waals surface area contributed by atoms with Crippen molar-refractivity contribution in [2.45, 2.75) is 13.8 Å². The number of hydrogen-bond donors (Lipinski definition) is 2. The van der Waals surface area contributed by atoms with E-state index in [9.17, 15) is 9.90 Å². The van der Waals surface area contributed by atoms with E-state index >= 15 is 0 Å². The summed E-state index contributed by atoms with van der Waals surface area (Å²) >= 11 is 0. The molecule has 3 N–H and O–H groups in total. The van der Waals surface area contributed by atoms with E-state index in [-0.39, 0.29) is 11.3 Å². The van der Waals surface area contributed by atoms with Gasteiger partial charge in [0.25, 0.3) is 0 Å². The molecule has 0 aliphatic rings. The standard InChI is InChI=1S/C16H12N2O2.C2H6/c17-14-13(16(19)20)11-8-4-5-9-12(11)18-15(14)10-6-2-1-3-7-10;1-2/h1-9H,17H2,(H,19,20);1-2H3. The molecule has 3 aromatic rings. The quantitative estimate of drug-likeness (QED) is 0.742. The van der Waals surface area contributed by atoms with E-state index in [2.05, 4.69) is 4.98 Å². The van der Waals surface area contributed by atoms with Crippen LogP contribution in [0.2, 0.25) is 0 Å². The first-order valence-electron chi connectivity index (χ1n) is 7.15. The first-order valence-corrected chi connectivity index (χ1v) is 7.15. The van der Waals surface area contributed by atoms with Gasteiger partial charge in [0.2, 0.25) is 0 Å². The van der Waals surface area contributed by atoms with E-state index in [1.807, 2.05) is 50.2 Å². The van der Waals surface area contributed by atoms with Crippen LogP contribution in [0.5, 0.6) is 0 Å². The average molecular weight is 294 g/mol. The van der Waals surface area contributed by atoms with Crippen LogP contribution in [-0.4, -0.2) is 16.1 Å². The Bertz CT molecular complexity index is 799. The molecule has 0 saturated carbocycles. The minimum absolute atomic E-state index is 0.106. The maximum absolute atomic E-state index is 11.5. The van der Waals surface area contributed by atoms with Crippen LogP contribution in [0.3, 0.4) is 0 Å². The lowest BCUT2D eigenvalue weighted by Crippen LogP contribution is -2.07. The molecule has 0 amide bonds. The third kappa shape index (κ3) is 2.76. The first kappa shape index (κ1) is 15.5. The Balaban J connectivity index is 0.000000847. The summed E-state index contributed by atoms with van der Waals surface area (Å²) in [4.78, 5) is 16.0. The molecule has 0 aliphatic heterocycles. The zero-order valence-corrected chi connectivity index (χ0v) is 12.6. The number of nitrogens with two attached hydrogens (primary N) is 1. The lowest BCUT2D eigenvalue weighted by molar-refractivity contribution is 0.0700. The van der Waals surface area contributed by atoms with E-state index in [4.69, 9.17) is 5.73 Å². The second-order valence-corrected chi connectivity index (χ2v) is 4.44. The summed E-state index contributed by atoms with van der Waals surface area (Å²) in [6.45, 7) is 4.00. The molecule has 3 rings (SSSR count). The van der Waals surface area contributed by atoms with Gasteiger partial charge in [-0.05, 0) is 6.07 Å². The number of nitrogen functional groups attached to an aromatic ring is 1. The highest BCUT2D eigenvalue weighted by atomic mass is 16.4. The molecule has 0 fully saturated rings. The van der Waals surface area contributed by atoms with Crippen molar-refractivity contribution >= 4 is 22.6 Å². The molecule has 4 heteroatoms. The summed E-state index contributed by atoms with van der Waals surface area (Å²) < 4.78 is 0. The lowest BCUT2D eigenvalue weighted by atomic mass is 10.0. The van der Waals surface area contributed by atoms with Crippen LogP contribution in [0.1, 0.15) is 24.2 Å². The Labute approximate surface area is 129 Å². The van der Waals surface area contributed by atoms with Gasteiger partial charge in [0, 0.05) is 10.9 Å². The lowest BCUT2D eigenvalue weighted by Gasteiger charge is -2.11. The van der Waals surface area contributed by atoms with Crippen molar-refractivity contribution in [3.8, 4) is 11.3 Å². The van der Waals surface area contributed by atoms with Gasteiger partial charge in [0.1, 0.15) is 0 Å². The molecule has 0 bridgehead atoms. The molecule has 1 aromatic heterocycles. The maximum atomic E-state index is 11.5. The third-order valence-electron chi connectivity index (χ3n) is 3.19. The van der Waals surface area contributed by atoms with Gasteiger partial charge >= 0.3 is 5.97 Å². The summed E-state index contributed by atoms with van der Waals surface area (Å²) in [7, 11) is 0. The van der Waals surface area contributed by atoms with Crippen LogP contribution in [0.4, 0.5) is 5.69 Å². The second kappa shape index (κ2) is 6.72. The van der Waals surface area contributed by atoms with Crippen molar-refractivity contribution in [2.24, 2.45) is 0 Å². The number of rotatable bonds is 2. The number of aromatic carboxylic acids is 1. The molecular formula is C18H18N2O2. The summed E-state index contributed by atoms with van der Waals surface area (Å²) in [6.07, 6.45) is 0. The van der Waals surface area contributed by atoms with Crippen molar-refractivity contribution in [2.75, 3.05) is 5.73 Å². The minimum Gasteiger partial charge on any atom is -0.478 e. The highest BCUT2D eigenvalue weighted by molar-refractivity contribution is 6.09. The molecule has 1 heterocycles. The zero-order valence-electron chi connectivity index (χ0n) is 12.6. The van der Waals surface area contributed by atoms with Gasteiger partial charge in [0.15, 0.2) is 0 Å². The smallest absolute Gasteiger partial charge is 0.338 e. The number of para-hydroxylation sites is 1. The van der Waals surface area contributed by atoms with Gasteiger partial charge in [-0.15, -0.1) is 0 Å². The largest absolute Gasteiger partial charge is 0.478 e. The number of nitrogens with zero attached hydrogens (tertiary/aromatic N) is 1. The maximum Gasteiger partial charge on any atom is 0.338 e. The summed E-state index contributed by atoms with van der Waals surface area (Å²) in [6, 6.07) is 16.4. The summed E-state index contributed by atoms with van der Waals surface area (Å²) in [5, 5.41) is 9.98. The first-order chi connectivity index (χ1) is 10.7. The fourth-order valence-corrected chi connectivity index (χ4v) is 2.27. The Morgan fingerprint density at radius 1 is 1.00 bits per heavy atom. The molecule has 2 aromatic carbocycles. The van der Waals surface area contributed by atoms with Crippen LogP contribution in [-0.2, 0) is 0 Å². The topological polar surface area (TPSA) is 76.2 Å². The van der Waals surface area contributed by atoms with Gasteiger partial charge < -0.3 is 10.8 Å². The fraction of sp³-hybridized carbons (Fsp3) is 0.111. The van der Waals surface area contributed by atoms with E-state index in [1.165, 1.54) is 0 Å². The Hall–Kier alpha value is -2.88. The molecule has 0 atom stereocenters. The normalized spacial score (nSPS) is 9.91. The van der Waals surface area contributed by atoms with E-state index < -0.39 is 5.97 Å². The number of carboxylic acid groups (broad SMARTS) is 1. The van der Waals surface area contributed by atoms with Gasteiger partial charge in [0.05, 0.1) is 22.5 Å². The molecule has 0 spiro atoms. The molecule has 0 radical (unpaired) electrons. The van der Waals surface area contributed by atoms with Crippen LogP contribution in [0.25, 0.3) is 22.2 Å². The number of hydrogen-bond acceptors (Lipinski definition) is 3. The highest BCUT2D eigenvalue weighted by Crippen LogP contribution is 2.31. The predicted octanol–water partition coefficient (Wildman–Crippen LogP) is 4.21. The van der Waals surface area contributed by atoms with E-state index in [1.54, 1.807) is 18.2 Å². The van der Waals surface area contributed by atoms with E-state index in [0.29, 0.717) is 16.6 Å². The Morgan fingerprint density at radius 2 is 1.59 bits per heavy atom. The second-order valence-electron chi connectivity index (χ2n) is 4.44. The number of carbonyl (C=O) groups is 1. The van der Waals surface area contributed by atoms with Gasteiger partial charge in [-0.2, -0.15) is 0 Å². The number of fused-ring (bicyclic) bond motifs is 1. The van der Waals surface area contributed by atoms with Gasteiger partial charge in [-0.3, -0.25) is 0 Å². The SMILES string of the molecule is CC.Nc1c(-c2ccccc2)nc2ccccc2c1C(=O)O. The van der Waals surface area contributed by atoms with Crippen LogP contribution >= 0.6 is 0 Å². The average Bonchev–Trinajstić information content (AvgIpc) is 2.56. The van der Waals surface area contributed by atoms with Crippen molar-refractivity contribution in [3.63, 3.8) is 0 Å². The summed E-state index contributed by atoms with van der Waals surface area (Å²) in [5.41, 5.74) is 8.27. The number of pyridine rings is 1. The Kier molecular flexibility index (Phi) is 4.73. The van der Waals surface area contributed by atoms with Crippen molar-refractivity contribution < 1.29 is 9.90 Å². The molecule has 112 valence electrons. The molecule has 22 heavy (non-hydrogen) atoms. The third-order valence-corrected chi connectivity index (χ3v) is 3.19.